The van der Waals surface area contributed by atoms with Crippen LogP contribution in [0.3, 0.4) is 0 Å². The topological polar surface area (TPSA) is 71.2 Å². The molecule has 0 bridgehead atoms. The van der Waals surface area contributed by atoms with Gasteiger partial charge < -0.3 is 0 Å². The normalized spacial score (nSPS) is 23.5. The summed E-state index contributed by atoms with van der Waals surface area (Å²) in [4.78, 5) is 13.6. The van der Waals surface area contributed by atoms with Gasteiger partial charge in [-0.2, -0.15) is 0 Å². The van der Waals surface area contributed by atoms with Crippen LogP contribution in [-0.2, 0) is 9.84 Å². The zero-order chi connectivity index (χ0) is 22.7. The zero-order valence-corrected chi connectivity index (χ0v) is 18.2. The Bertz CT molecular complexity index is 1420. The van der Waals surface area contributed by atoms with Crippen molar-refractivity contribution in [1.82, 2.24) is 0 Å². The van der Waals surface area contributed by atoms with Gasteiger partial charge in [-0.1, -0.05) is 25.1 Å². The molecule has 0 radical (unpaired) electrons. The van der Waals surface area contributed by atoms with Gasteiger partial charge in [0.2, 0.25) is 0 Å². The van der Waals surface area contributed by atoms with Crippen molar-refractivity contribution >= 4 is 27.6 Å². The van der Waals surface area contributed by atoms with Crippen LogP contribution < -0.4 is 0 Å². The maximum absolute atomic E-state index is 14.8. The van der Waals surface area contributed by atoms with Crippen molar-refractivity contribution in [3.63, 3.8) is 0 Å². The summed E-state index contributed by atoms with van der Waals surface area (Å²) in [5.41, 5.74) is 1.80. The van der Waals surface area contributed by atoms with E-state index in [2.05, 4.69) is 29.1 Å². The third kappa shape index (κ3) is 3.09. The van der Waals surface area contributed by atoms with Gasteiger partial charge in [-0.15, -0.1) is 0 Å². The maximum atomic E-state index is 14.8. The lowest BCUT2D eigenvalue weighted by Crippen LogP contribution is -2.35. The van der Waals surface area contributed by atoms with E-state index >= 15 is 0 Å². The second-order valence-electron chi connectivity index (χ2n) is 8.04. The molecule has 2 aromatic carbocycles. The molecule has 5 nitrogen and oxygen atoms in total. The molecule has 0 fully saturated rings. The lowest BCUT2D eigenvalue weighted by atomic mass is 9.82. The number of aliphatic imine (C=N–C) groups is 3. The van der Waals surface area contributed by atoms with E-state index in [9.17, 15) is 17.2 Å². The zero-order valence-electron chi connectivity index (χ0n) is 17.4. The SMILES string of the molecule is CCC1C=CC23N=CN=C2C(c2ccc(F)c(-c4ccc(S(C)(=O)=O)cc4F)c2)=NC3=C1. The first-order valence-corrected chi connectivity index (χ1v) is 12.0. The molecular weight excluding hydrogens is 432 g/mol. The number of hydrogen-bond donors (Lipinski definition) is 0. The van der Waals surface area contributed by atoms with Gasteiger partial charge in [0, 0.05) is 22.9 Å². The molecule has 2 unspecified atom stereocenters. The van der Waals surface area contributed by atoms with E-state index in [4.69, 9.17) is 4.99 Å². The maximum Gasteiger partial charge on any atom is 0.175 e. The molecule has 32 heavy (non-hydrogen) atoms. The average molecular weight is 451 g/mol. The van der Waals surface area contributed by atoms with Gasteiger partial charge in [0.1, 0.15) is 23.7 Å². The molecule has 1 spiro atoms. The van der Waals surface area contributed by atoms with Crippen LogP contribution in [0.2, 0.25) is 0 Å². The lowest BCUT2D eigenvalue weighted by molar-refractivity contribution is 0.595. The van der Waals surface area contributed by atoms with E-state index in [1.165, 1.54) is 30.6 Å². The summed E-state index contributed by atoms with van der Waals surface area (Å²) in [5, 5.41) is 0. The highest BCUT2D eigenvalue weighted by Gasteiger charge is 2.48. The van der Waals surface area contributed by atoms with Crippen molar-refractivity contribution in [3.05, 3.63) is 77.5 Å². The molecule has 0 saturated carbocycles. The van der Waals surface area contributed by atoms with E-state index in [0.717, 1.165) is 24.4 Å². The molecule has 1 aliphatic carbocycles. The van der Waals surface area contributed by atoms with Crippen molar-refractivity contribution < 1.29 is 17.2 Å². The Morgan fingerprint density at radius 3 is 2.59 bits per heavy atom. The monoisotopic (exact) mass is 451 g/mol. The van der Waals surface area contributed by atoms with Crippen LogP contribution in [0.15, 0.2) is 80.2 Å². The van der Waals surface area contributed by atoms with Crippen molar-refractivity contribution in [1.29, 1.82) is 0 Å². The van der Waals surface area contributed by atoms with Crippen molar-refractivity contribution in [3.8, 4) is 11.1 Å². The summed E-state index contributed by atoms with van der Waals surface area (Å²) in [5.74, 6) is -1.19. The smallest absolute Gasteiger partial charge is 0.175 e. The quantitative estimate of drug-likeness (QED) is 0.641. The number of sulfone groups is 1. The van der Waals surface area contributed by atoms with Crippen LogP contribution in [0.4, 0.5) is 8.78 Å². The number of hydrogen-bond acceptors (Lipinski definition) is 5. The predicted octanol–water partition coefficient (Wildman–Crippen LogP) is 4.54. The first-order chi connectivity index (χ1) is 15.2. The molecule has 2 aromatic rings. The fourth-order valence-electron chi connectivity index (χ4n) is 4.20. The molecular formula is C24H19F2N3O2S. The Balaban J connectivity index is 1.61. The second kappa shape index (κ2) is 7.13. The van der Waals surface area contributed by atoms with Crippen molar-refractivity contribution in [2.24, 2.45) is 20.9 Å². The Morgan fingerprint density at radius 2 is 1.88 bits per heavy atom. The highest BCUT2D eigenvalue weighted by molar-refractivity contribution is 7.90. The number of allylic oxidation sites excluding steroid dienone is 2. The standard InChI is InChI=1S/C24H19F2N3O2S/c1-3-14-8-9-24-21(10-14)29-22(23(24)27-13-28-24)15-4-7-19(25)18(11-15)17-6-5-16(12-20(17)26)32(2,30)31/h4-14H,3H2,1-2H3. The Hall–Kier alpha value is -3.26. The molecule has 0 N–H and O–H groups in total. The van der Waals surface area contributed by atoms with Gasteiger partial charge in [0.25, 0.3) is 0 Å². The molecule has 0 amide bonds. The highest BCUT2D eigenvalue weighted by Crippen LogP contribution is 2.41. The van der Waals surface area contributed by atoms with E-state index < -0.39 is 27.0 Å². The molecule has 2 atom stereocenters. The number of benzene rings is 2. The first-order valence-electron chi connectivity index (χ1n) is 10.2. The average Bonchev–Trinajstić information content (AvgIpc) is 3.30. The first kappa shape index (κ1) is 20.6. The van der Waals surface area contributed by atoms with Crippen LogP contribution in [0.1, 0.15) is 18.9 Å². The highest BCUT2D eigenvalue weighted by atomic mass is 32.2. The molecule has 162 valence electrons. The minimum Gasteiger partial charge on any atom is -0.250 e. The number of halogens is 2. The van der Waals surface area contributed by atoms with Crippen LogP contribution >= 0.6 is 0 Å². The lowest BCUT2D eigenvalue weighted by Gasteiger charge is -2.24. The summed E-state index contributed by atoms with van der Waals surface area (Å²) >= 11 is 0. The van der Waals surface area contributed by atoms with Gasteiger partial charge in [0.05, 0.1) is 16.3 Å². The van der Waals surface area contributed by atoms with Crippen molar-refractivity contribution in [2.45, 2.75) is 23.8 Å². The third-order valence-electron chi connectivity index (χ3n) is 5.98. The fourth-order valence-corrected chi connectivity index (χ4v) is 4.83. The Morgan fingerprint density at radius 1 is 1.06 bits per heavy atom. The number of nitrogens with zero attached hydrogens (tertiary/aromatic N) is 3. The second-order valence-corrected chi connectivity index (χ2v) is 10.1. The summed E-state index contributed by atoms with van der Waals surface area (Å²) < 4.78 is 52.9. The summed E-state index contributed by atoms with van der Waals surface area (Å²) in [6, 6.07) is 7.79. The van der Waals surface area contributed by atoms with Gasteiger partial charge in [-0.25, -0.2) is 32.2 Å². The largest absolute Gasteiger partial charge is 0.250 e. The van der Waals surface area contributed by atoms with E-state index in [-0.39, 0.29) is 21.9 Å². The molecule has 5 rings (SSSR count). The predicted molar refractivity (Wildman–Crippen MR) is 121 cm³/mol. The van der Waals surface area contributed by atoms with Crippen LogP contribution in [0.25, 0.3) is 11.1 Å². The van der Waals surface area contributed by atoms with Gasteiger partial charge in [-0.05, 0) is 48.7 Å². The van der Waals surface area contributed by atoms with Crippen LogP contribution in [-0.4, -0.2) is 38.0 Å². The molecule has 0 saturated heterocycles. The van der Waals surface area contributed by atoms with Gasteiger partial charge >= 0.3 is 0 Å². The summed E-state index contributed by atoms with van der Waals surface area (Å²) in [6.45, 7) is 2.09. The van der Waals surface area contributed by atoms with E-state index in [1.54, 1.807) is 6.07 Å². The molecule has 0 aromatic heterocycles. The molecule has 2 heterocycles. The molecule has 3 aliphatic rings. The Labute approximate surface area is 184 Å². The summed E-state index contributed by atoms with van der Waals surface area (Å²) in [7, 11) is -3.58. The van der Waals surface area contributed by atoms with Crippen molar-refractivity contribution in [2.75, 3.05) is 6.26 Å². The van der Waals surface area contributed by atoms with E-state index in [0.29, 0.717) is 17.0 Å². The van der Waals surface area contributed by atoms with Gasteiger partial charge in [-0.3, -0.25) is 0 Å². The number of rotatable bonds is 4. The Kier molecular flexibility index (Phi) is 4.60. The molecule has 8 heteroatoms. The summed E-state index contributed by atoms with van der Waals surface area (Å²) in [6.07, 6.45) is 9.59. The fraction of sp³-hybridized carbons (Fsp3) is 0.208. The van der Waals surface area contributed by atoms with Crippen LogP contribution in [0, 0.1) is 17.6 Å². The third-order valence-corrected chi connectivity index (χ3v) is 7.09. The molecule has 2 aliphatic heterocycles. The minimum absolute atomic E-state index is 0.0159. The van der Waals surface area contributed by atoms with Crippen LogP contribution in [0.5, 0.6) is 0 Å². The minimum atomic E-state index is -3.58. The van der Waals surface area contributed by atoms with E-state index in [1.807, 2.05) is 6.08 Å². The van der Waals surface area contributed by atoms with Gasteiger partial charge in [0.15, 0.2) is 15.4 Å².